The Morgan fingerprint density at radius 3 is 1.69 bits per heavy atom. The minimum absolute atomic E-state index is 1.05. The van der Waals surface area contributed by atoms with Crippen LogP contribution in [0.25, 0.3) is 27.5 Å². The van der Waals surface area contributed by atoms with Crippen molar-refractivity contribution in [2.24, 2.45) is 0 Å². The van der Waals surface area contributed by atoms with E-state index in [4.69, 9.17) is 0 Å². The van der Waals surface area contributed by atoms with Crippen molar-refractivity contribution in [1.29, 1.82) is 0 Å². The summed E-state index contributed by atoms with van der Waals surface area (Å²) >= 11 is 0. The molecule has 0 unspecified atom stereocenters. The third-order valence-corrected chi connectivity index (χ3v) is 7.13. The predicted octanol–water partition coefficient (Wildman–Crippen LogP) is 10.00. The summed E-state index contributed by atoms with van der Waals surface area (Å²) in [6.45, 7) is 0. The van der Waals surface area contributed by atoms with Crippen LogP contribution in [0.3, 0.4) is 0 Å². The lowest BCUT2D eigenvalue weighted by Gasteiger charge is -2.26. The van der Waals surface area contributed by atoms with Gasteiger partial charge in [0.25, 0.3) is 0 Å². The number of para-hydroxylation sites is 4. The van der Waals surface area contributed by atoms with Crippen molar-refractivity contribution in [3.05, 3.63) is 158 Å². The van der Waals surface area contributed by atoms with E-state index in [1.54, 1.807) is 0 Å². The summed E-state index contributed by atoms with van der Waals surface area (Å²) in [6.07, 6.45) is 0. The fourth-order valence-electron chi connectivity index (χ4n) is 5.36. The Bertz CT molecular complexity index is 1860. The van der Waals surface area contributed by atoms with Gasteiger partial charge in [-0.2, -0.15) is 0 Å². The van der Waals surface area contributed by atoms with Gasteiger partial charge in [-0.05, 0) is 84.9 Å². The van der Waals surface area contributed by atoms with E-state index in [2.05, 4.69) is 154 Å². The van der Waals surface area contributed by atoms with E-state index in [-0.39, 0.29) is 0 Å². The average molecular weight is 502 g/mol. The molecule has 3 nitrogen and oxygen atoms in total. The molecule has 3 heteroatoms. The second kappa shape index (κ2) is 9.88. The van der Waals surface area contributed by atoms with E-state index in [1.165, 1.54) is 21.8 Å². The molecule has 0 fully saturated rings. The summed E-state index contributed by atoms with van der Waals surface area (Å²) < 4.78 is 2.35. The normalized spacial score (nSPS) is 11.1. The molecule has 1 heterocycles. The summed E-state index contributed by atoms with van der Waals surface area (Å²) in [6, 6.07) is 55.5. The van der Waals surface area contributed by atoms with Gasteiger partial charge >= 0.3 is 0 Å². The Morgan fingerprint density at radius 2 is 0.949 bits per heavy atom. The topological polar surface area (TPSA) is 20.2 Å². The van der Waals surface area contributed by atoms with Crippen LogP contribution in [-0.4, -0.2) is 4.57 Å². The highest BCUT2D eigenvalue weighted by Gasteiger charge is 2.17. The molecule has 186 valence electrons. The van der Waals surface area contributed by atoms with E-state index in [9.17, 15) is 0 Å². The van der Waals surface area contributed by atoms with Crippen LogP contribution in [0, 0.1) is 0 Å². The largest absolute Gasteiger partial charge is 0.356 e. The van der Waals surface area contributed by atoms with Crippen molar-refractivity contribution in [3.63, 3.8) is 0 Å². The van der Waals surface area contributed by atoms with E-state index in [0.717, 1.165) is 34.1 Å². The minimum atomic E-state index is 1.05. The zero-order valence-corrected chi connectivity index (χ0v) is 21.4. The first-order chi connectivity index (χ1) is 19.3. The minimum Gasteiger partial charge on any atom is -0.356 e. The number of benzene rings is 6. The molecule has 6 aromatic carbocycles. The van der Waals surface area contributed by atoms with Gasteiger partial charge in [0.2, 0.25) is 0 Å². The van der Waals surface area contributed by atoms with Crippen molar-refractivity contribution >= 4 is 50.2 Å². The van der Waals surface area contributed by atoms with Gasteiger partial charge in [0, 0.05) is 44.9 Å². The molecular formula is C36H27N3. The number of aromatic nitrogens is 1. The van der Waals surface area contributed by atoms with Crippen LogP contribution in [0.4, 0.5) is 28.4 Å². The van der Waals surface area contributed by atoms with E-state index in [1.807, 2.05) is 18.2 Å². The van der Waals surface area contributed by atoms with Crippen LogP contribution < -0.4 is 10.2 Å². The predicted molar refractivity (Wildman–Crippen MR) is 165 cm³/mol. The smallest absolute Gasteiger partial charge is 0.0542 e. The monoisotopic (exact) mass is 501 g/mol. The third kappa shape index (κ3) is 4.30. The Morgan fingerprint density at radius 1 is 0.410 bits per heavy atom. The van der Waals surface area contributed by atoms with Crippen LogP contribution in [0.1, 0.15) is 0 Å². The average Bonchev–Trinajstić information content (AvgIpc) is 3.34. The number of hydrogen-bond donors (Lipinski definition) is 1. The summed E-state index contributed by atoms with van der Waals surface area (Å²) in [7, 11) is 0. The molecule has 0 saturated carbocycles. The molecule has 39 heavy (non-hydrogen) atoms. The molecule has 0 aliphatic rings. The summed E-state index contributed by atoms with van der Waals surface area (Å²) in [4.78, 5) is 2.32. The molecule has 0 atom stereocenters. The zero-order valence-electron chi connectivity index (χ0n) is 21.4. The highest BCUT2D eigenvalue weighted by atomic mass is 15.1. The highest BCUT2D eigenvalue weighted by Crippen LogP contribution is 2.39. The van der Waals surface area contributed by atoms with Gasteiger partial charge in [0.05, 0.1) is 11.0 Å². The van der Waals surface area contributed by atoms with E-state index >= 15 is 0 Å². The van der Waals surface area contributed by atoms with Crippen LogP contribution in [0.5, 0.6) is 0 Å². The SMILES string of the molecule is c1ccc(Nc2ccc(N(c3ccccc3)c3ccc4c(c3)c3ccccc3n4-c3ccccc3)cc2)cc1. The second-order valence-electron chi connectivity index (χ2n) is 9.60. The van der Waals surface area contributed by atoms with Gasteiger partial charge in [-0.25, -0.2) is 0 Å². The van der Waals surface area contributed by atoms with Crippen molar-refractivity contribution in [3.8, 4) is 5.69 Å². The standard InChI is InChI=1S/C36H27N3/c1-4-12-27(13-5-1)37-28-20-22-31(23-21-28)38(29-14-6-2-7-15-29)32-24-25-36-34(26-32)33-18-10-11-19-35(33)39(36)30-16-8-3-9-17-30/h1-26,37H. The lowest BCUT2D eigenvalue weighted by molar-refractivity contribution is 1.18. The van der Waals surface area contributed by atoms with Crippen LogP contribution >= 0.6 is 0 Å². The maximum atomic E-state index is 3.49. The van der Waals surface area contributed by atoms with Crippen LogP contribution in [0.15, 0.2) is 158 Å². The lowest BCUT2D eigenvalue weighted by Crippen LogP contribution is -2.09. The molecular weight excluding hydrogens is 474 g/mol. The van der Waals surface area contributed by atoms with Gasteiger partial charge in [0.15, 0.2) is 0 Å². The number of nitrogens with zero attached hydrogens (tertiary/aromatic N) is 2. The zero-order chi connectivity index (χ0) is 26.0. The molecule has 0 amide bonds. The third-order valence-electron chi connectivity index (χ3n) is 7.13. The molecule has 1 N–H and O–H groups in total. The van der Waals surface area contributed by atoms with Crippen molar-refractivity contribution in [1.82, 2.24) is 4.57 Å². The Balaban J connectivity index is 1.36. The van der Waals surface area contributed by atoms with E-state index < -0.39 is 0 Å². The molecule has 0 radical (unpaired) electrons. The van der Waals surface area contributed by atoms with E-state index in [0.29, 0.717) is 0 Å². The first-order valence-electron chi connectivity index (χ1n) is 13.2. The molecule has 0 saturated heterocycles. The highest BCUT2D eigenvalue weighted by molar-refractivity contribution is 6.10. The Kier molecular flexibility index (Phi) is 5.80. The number of anilines is 5. The van der Waals surface area contributed by atoms with Crippen LogP contribution in [0.2, 0.25) is 0 Å². The number of hydrogen-bond acceptors (Lipinski definition) is 2. The molecule has 7 rings (SSSR count). The Labute approximate surface area is 228 Å². The fourth-order valence-corrected chi connectivity index (χ4v) is 5.36. The first-order valence-corrected chi connectivity index (χ1v) is 13.2. The quantitative estimate of drug-likeness (QED) is 0.245. The molecule has 0 bridgehead atoms. The maximum Gasteiger partial charge on any atom is 0.0542 e. The second-order valence-corrected chi connectivity index (χ2v) is 9.60. The number of rotatable bonds is 6. The van der Waals surface area contributed by atoms with Crippen molar-refractivity contribution in [2.75, 3.05) is 10.2 Å². The fraction of sp³-hybridized carbons (Fsp3) is 0. The van der Waals surface area contributed by atoms with Crippen molar-refractivity contribution < 1.29 is 0 Å². The molecule has 0 aliphatic carbocycles. The molecule has 7 aromatic rings. The number of nitrogens with one attached hydrogen (secondary N) is 1. The summed E-state index contributed by atoms with van der Waals surface area (Å²) in [5, 5.41) is 5.97. The van der Waals surface area contributed by atoms with Gasteiger partial charge < -0.3 is 14.8 Å². The number of fused-ring (bicyclic) bond motifs is 3. The first kappa shape index (κ1) is 22.9. The maximum absolute atomic E-state index is 3.49. The van der Waals surface area contributed by atoms with Gasteiger partial charge in [0.1, 0.15) is 0 Å². The summed E-state index contributed by atoms with van der Waals surface area (Å²) in [5.74, 6) is 0. The van der Waals surface area contributed by atoms with Crippen molar-refractivity contribution in [2.45, 2.75) is 0 Å². The summed E-state index contributed by atoms with van der Waals surface area (Å²) in [5.41, 5.74) is 9.04. The van der Waals surface area contributed by atoms with Gasteiger partial charge in [-0.3, -0.25) is 0 Å². The Hall–Kier alpha value is -5.28. The van der Waals surface area contributed by atoms with Gasteiger partial charge in [-0.15, -0.1) is 0 Å². The molecule has 1 aromatic heterocycles. The molecule has 0 aliphatic heterocycles. The van der Waals surface area contributed by atoms with Gasteiger partial charge in [-0.1, -0.05) is 72.8 Å². The molecule has 0 spiro atoms. The van der Waals surface area contributed by atoms with Crippen LogP contribution in [-0.2, 0) is 0 Å². The lowest BCUT2D eigenvalue weighted by atomic mass is 10.1.